The van der Waals surface area contributed by atoms with Crippen molar-refractivity contribution >= 4 is 17.8 Å². The SMILES string of the molecule is COc1cccc(C2NC(CC3CCCCC3)(C(=O)O)C3C(=O)N(C4CCCCC4)C(=O)C23)c1O. The molecule has 4 aliphatic rings. The van der Waals surface area contributed by atoms with Gasteiger partial charge in [-0.15, -0.1) is 0 Å². The Hall–Kier alpha value is -2.61. The number of aromatic hydroxyl groups is 1. The molecule has 2 saturated heterocycles. The van der Waals surface area contributed by atoms with Gasteiger partial charge in [-0.3, -0.25) is 24.6 Å². The number of ether oxygens (including phenoxy) is 1. The summed E-state index contributed by atoms with van der Waals surface area (Å²) in [7, 11) is 1.45. The number of nitrogens with one attached hydrogen (secondary N) is 1. The van der Waals surface area contributed by atoms with Crippen molar-refractivity contribution in [3.05, 3.63) is 23.8 Å². The minimum atomic E-state index is -1.55. The van der Waals surface area contributed by atoms with Crippen molar-refractivity contribution in [3.8, 4) is 11.5 Å². The van der Waals surface area contributed by atoms with E-state index in [-0.39, 0.29) is 35.3 Å². The molecule has 0 aromatic heterocycles. The average Bonchev–Trinajstić information content (AvgIpc) is 3.34. The second-order valence-electron chi connectivity index (χ2n) is 10.8. The van der Waals surface area contributed by atoms with Crippen LogP contribution < -0.4 is 10.1 Å². The monoisotopic (exact) mass is 484 g/mol. The molecule has 1 aromatic rings. The number of phenols is 1. The maximum atomic E-state index is 14.0. The number of likely N-dealkylation sites (tertiary alicyclic amines) is 1. The number of carbonyl (C=O) groups excluding carboxylic acids is 2. The Labute approximate surface area is 206 Å². The molecule has 2 aliphatic heterocycles. The Morgan fingerprint density at radius 3 is 2.34 bits per heavy atom. The van der Waals surface area contributed by atoms with Crippen LogP contribution in [0, 0.1) is 17.8 Å². The van der Waals surface area contributed by atoms with E-state index in [1.807, 2.05) is 0 Å². The number of para-hydroxylation sites is 1. The Morgan fingerprint density at radius 2 is 1.71 bits per heavy atom. The van der Waals surface area contributed by atoms with E-state index < -0.39 is 29.4 Å². The van der Waals surface area contributed by atoms with Gasteiger partial charge < -0.3 is 14.9 Å². The topological polar surface area (TPSA) is 116 Å². The number of benzene rings is 1. The number of aliphatic carboxylic acids is 1. The average molecular weight is 485 g/mol. The summed E-state index contributed by atoms with van der Waals surface area (Å²) in [5, 5.41) is 24.9. The molecule has 2 heterocycles. The van der Waals surface area contributed by atoms with Gasteiger partial charge in [0.25, 0.3) is 0 Å². The third-order valence-electron chi connectivity index (χ3n) is 8.93. The van der Waals surface area contributed by atoms with E-state index >= 15 is 0 Å². The molecule has 8 nitrogen and oxygen atoms in total. The van der Waals surface area contributed by atoms with Gasteiger partial charge in [-0.05, 0) is 31.2 Å². The molecule has 0 radical (unpaired) electrons. The lowest BCUT2D eigenvalue weighted by Gasteiger charge is -2.37. The van der Waals surface area contributed by atoms with E-state index in [9.17, 15) is 24.6 Å². The maximum absolute atomic E-state index is 14.0. The van der Waals surface area contributed by atoms with Gasteiger partial charge in [0.2, 0.25) is 11.8 Å². The molecule has 2 aliphatic carbocycles. The number of fused-ring (bicyclic) bond motifs is 1. The number of nitrogens with zero attached hydrogens (tertiary/aromatic N) is 1. The summed E-state index contributed by atoms with van der Waals surface area (Å²) in [6.45, 7) is 0. The van der Waals surface area contributed by atoms with Gasteiger partial charge in [0.15, 0.2) is 11.5 Å². The van der Waals surface area contributed by atoms with Crippen molar-refractivity contribution in [1.29, 1.82) is 0 Å². The predicted molar refractivity (Wildman–Crippen MR) is 128 cm³/mol. The molecular formula is C27H36N2O6. The van der Waals surface area contributed by atoms with Crippen LogP contribution in [0.2, 0.25) is 0 Å². The van der Waals surface area contributed by atoms with Crippen molar-refractivity contribution in [2.24, 2.45) is 17.8 Å². The normalized spacial score (nSPS) is 32.1. The van der Waals surface area contributed by atoms with E-state index in [0.717, 1.165) is 64.2 Å². The fraction of sp³-hybridized carbons (Fsp3) is 0.667. The first-order valence-corrected chi connectivity index (χ1v) is 13.1. The summed E-state index contributed by atoms with van der Waals surface area (Å²) in [5.41, 5.74) is -1.15. The molecule has 4 atom stereocenters. The molecule has 1 aromatic carbocycles. The second kappa shape index (κ2) is 9.45. The quantitative estimate of drug-likeness (QED) is 0.526. The number of carbonyl (C=O) groups is 3. The fourth-order valence-electron chi connectivity index (χ4n) is 7.26. The predicted octanol–water partition coefficient (Wildman–Crippen LogP) is 3.77. The van der Waals surface area contributed by atoms with E-state index in [4.69, 9.17) is 4.74 Å². The van der Waals surface area contributed by atoms with Crippen LogP contribution in [-0.4, -0.2) is 51.6 Å². The number of rotatable bonds is 6. The van der Waals surface area contributed by atoms with E-state index in [2.05, 4.69) is 5.32 Å². The molecular weight excluding hydrogens is 448 g/mol. The van der Waals surface area contributed by atoms with E-state index in [0.29, 0.717) is 12.0 Å². The first-order valence-electron chi connectivity index (χ1n) is 13.1. The smallest absolute Gasteiger partial charge is 0.324 e. The van der Waals surface area contributed by atoms with E-state index in [1.54, 1.807) is 18.2 Å². The molecule has 0 spiro atoms. The fourth-order valence-corrected chi connectivity index (χ4v) is 7.26. The van der Waals surface area contributed by atoms with Crippen molar-refractivity contribution in [2.45, 2.75) is 88.3 Å². The summed E-state index contributed by atoms with van der Waals surface area (Å²) in [4.78, 5) is 42.3. The summed E-state index contributed by atoms with van der Waals surface area (Å²) in [5.74, 6) is -3.31. The lowest BCUT2D eigenvalue weighted by atomic mass is 9.72. The minimum absolute atomic E-state index is 0.124. The molecule has 8 heteroatoms. The lowest BCUT2D eigenvalue weighted by molar-refractivity contribution is -0.153. The zero-order chi connectivity index (χ0) is 24.7. The number of methoxy groups -OCH3 is 1. The summed E-state index contributed by atoms with van der Waals surface area (Å²) < 4.78 is 5.29. The summed E-state index contributed by atoms with van der Waals surface area (Å²) in [6.07, 6.45) is 9.95. The van der Waals surface area contributed by atoms with Crippen molar-refractivity contribution < 1.29 is 29.3 Å². The Balaban J connectivity index is 1.60. The third kappa shape index (κ3) is 3.90. The zero-order valence-electron chi connectivity index (χ0n) is 20.4. The number of imide groups is 1. The summed E-state index contributed by atoms with van der Waals surface area (Å²) in [6, 6.07) is 4.06. The highest BCUT2D eigenvalue weighted by Gasteiger charge is 2.69. The maximum Gasteiger partial charge on any atom is 0.324 e. The third-order valence-corrected chi connectivity index (χ3v) is 8.93. The largest absolute Gasteiger partial charge is 0.504 e. The van der Waals surface area contributed by atoms with E-state index in [1.165, 1.54) is 12.0 Å². The van der Waals surface area contributed by atoms with Crippen molar-refractivity contribution in [1.82, 2.24) is 10.2 Å². The number of carboxylic acids is 1. The number of amides is 2. The van der Waals surface area contributed by atoms with Crippen LogP contribution in [0.1, 0.15) is 82.2 Å². The lowest BCUT2D eigenvalue weighted by Crippen LogP contribution is -2.57. The Morgan fingerprint density at radius 1 is 1.06 bits per heavy atom. The van der Waals surface area contributed by atoms with Crippen LogP contribution in [0.4, 0.5) is 0 Å². The van der Waals surface area contributed by atoms with Gasteiger partial charge in [0.05, 0.1) is 18.9 Å². The number of phenolic OH excluding ortho intramolecular Hbond substituents is 1. The minimum Gasteiger partial charge on any atom is -0.504 e. The molecule has 4 fully saturated rings. The van der Waals surface area contributed by atoms with Crippen molar-refractivity contribution in [2.75, 3.05) is 7.11 Å². The van der Waals surface area contributed by atoms with Gasteiger partial charge in [0.1, 0.15) is 5.54 Å². The Kier molecular flexibility index (Phi) is 6.51. The zero-order valence-corrected chi connectivity index (χ0v) is 20.4. The van der Waals surface area contributed by atoms with Crippen LogP contribution in [0.5, 0.6) is 11.5 Å². The van der Waals surface area contributed by atoms with Gasteiger partial charge in [-0.2, -0.15) is 0 Å². The van der Waals surface area contributed by atoms with Gasteiger partial charge >= 0.3 is 5.97 Å². The first kappa shape index (κ1) is 24.1. The van der Waals surface area contributed by atoms with Gasteiger partial charge in [0, 0.05) is 17.6 Å². The second-order valence-corrected chi connectivity index (χ2v) is 10.8. The Bertz CT molecular complexity index is 999. The molecule has 4 unspecified atom stereocenters. The number of hydrogen-bond acceptors (Lipinski definition) is 6. The number of carboxylic acid groups (broad SMARTS) is 1. The number of hydrogen-bond donors (Lipinski definition) is 3. The van der Waals surface area contributed by atoms with Gasteiger partial charge in [-0.25, -0.2) is 0 Å². The van der Waals surface area contributed by atoms with Crippen LogP contribution in [0.3, 0.4) is 0 Å². The molecule has 190 valence electrons. The first-order chi connectivity index (χ1) is 16.9. The van der Waals surface area contributed by atoms with Gasteiger partial charge in [-0.1, -0.05) is 63.5 Å². The molecule has 5 rings (SSSR count). The van der Waals surface area contributed by atoms with Crippen LogP contribution in [0.25, 0.3) is 0 Å². The molecule has 35 heavy (non-hydrogen) atoms. The van der Waals surface area contributed by atoms with Crippen LogP contribution in [0.15, 0.2) is 18.2 Å². The molecule has 2 amide bonds. The standard InChI is InChI=1S/C27H36N2O6/c1-35-19-14-8-13-18(23(19)30)22-20-21(25(32)29(24(20)31)17-11-6-3-7-12-17)27(28-22,26(33)34)15-16-9-4-2-5-10-16/h8,13-14,16-17,20-22,28,30H,2-7,9-12,15H2,1H3,(H,33,34). The highest BCUT2D eigenvalue weighted by atomic mass is 16.5. The highest BCUT2D eigenvalue weighted by Crippen LogP contribution is 2.54. The highest BCUT2D eigenvalue weighted by molar-refractivity contribution is 6.09. The molecule has 2 saturated carbocycles. The molecule has 3 N–H and O–H groups in total. The van der Waals surface area contributed by atoms with Crippen LogP contribution >= 0.6 is 0 Å². The summed E-state index contributed by atoms with van der Waals surface area (Å²) >= 11 is 0. The van der Waals surface area contributed by atoms with Crippen molar-refractivity contribution in [3.63, 3.8) is 0 Å². The molecule has 0 bridgehead atoms. The van der Waals surface area contributed by atoms with Crippen LogP contribution in [-0.2, 0) is 14.4 Å².